The Balaban J connectivity index is 2.08. The molecule has 0 aliphatic rings. The van der Waals surface area contributed by atoms with Crippen LogP contribution in [0.3, 0.4) is 0 Å². The summed E-state index contributed by atoms with van der Waals surface area (Å²) in [6, 6.07) is 13.9. The highest BCUT2D eigenvalue weighted by Crippen LogP contribution is 2.28. The molecular weight excluding hydrogens is 282 g/mol. The summed E-state index contributed by atoms with van der Waals surface area (Å²) >= 11 is 0. The van der Waals surface area contributed by atoms with E-state index in [-0.39, 0.29) is 23.8 Å². The molecule has 22 heavy (non-hydrogen) atoms. The summed E-state index contributed by atoms with van der Waals surface area (Å²) in [5, 5.41) is 11.0. The maximum absolute atomic E-state index is 11.3. The first-order valence-electron chi connectivity index (χ1n) is 6.71. The van der Waals surface area contributed by atoms with E-state index in [1.165, 1.54) is 25.1 Å². The monoisotopic (exact) mass is 297 g/mol. The van der Waals surface area contributed by atoms with Crippen LogP contribution in [0.15, 0.2) is 54.6 Å². The second-order valence-electron chi connectivity index (χ2n) is 4.62. The van der Waals surface area contributed by atoms with Gasteiger partial charge >= 0.3 is 5.69 Å². The molecule has 0 aliphatic heterocycles. The molecule has 0 unspecified atom stereocenters. The summed E-state index contributed by atoms with van der Waals surface area (Å²) in [6.07, 6.45) is 3.65. The zero-order valence-electron chi connectivity index (χ0n) is 12.1. The molecule has 0 fully saturated rings. The van der Waals surface area contributed by atoms with Gasteiger partial charge in [-0.2, -0.15) is 0 Å². The second-order valence-corrected chi connectivity index (χ2v) is 4.62. The van der Waals surface area contributed by atoms with E-state index < -0.39 is 4.92 Å². The Bertz CT molecular complexity index is 708. The van der Waals surface area contributed by atoms with Crippen molar-refractivity contribution < 1.29 is 14.5 Å². The number of nitro groups is 1. The van der Waals surface area contributed by atoms with Crippen LogP contribution in [0.2, 0.25) is 0 Å². The van der Waals surface area contributed by atoms with Crippen molar-refractivity contribution in [2.24, 2.45) is 0 Å². The minimum Gasteiger partial charge on any atom is -0.483 e. The van der Waals surface area contributed by atoms with Crippen LogP contribution in [-0.4, -0.2) is 17.3 Å². The molecule has 0 N–H and O–H groups in total. The SMILES string of the molecule is CC(=O)c1ccc(OCC=Cc2ccccc2)c([N+](=O)[O-])c1. The minimum absolute atomic E-state index is 0.146. The average Bonchev–Trinajstić information content (AvgIpc) is 2.52. The van der Waals surface area contributed by atoms with Gasteiger partial charge in [0.1, 0.15) is 6.61 Å². The van der Waals surface area contributed by atoms with Gasteiger partial charge in [-0.1, -0.05) is 36.4 Å². The zero-order chi connectivity index (χ0) is 15.9. The van der Waals surface area contributed by atoms with Gasteiger partial charge in [-0.05, 0) is 30.7 Å². The first-order chi connectivity index (χ1) is 10.6. The molecule has 2 aromatic rings. The Morgan fingerprint density at radius 3 is 2.59 bits per heavy atom. The van der Waals surface area contributed by atoms with E-state index in [2.05, 4.69) is 0 Å². The smallest absolute Gasteiger partial charge is 0.311 e. The van der Waals surface area contributed by atoms with E-state index in [1.54, 1.807) is 6.08 Å². The van der Waals surface area contributed by atoms with E-state index in [1.807, 2.05) is 36.4 Å². The largest absolute Gasteiger partial charge is 0.483 e. The van der Waals surface area contributed by atoms with Crippen molar-refractivity contribution in [2.45, 2.75) is 6.92 Å². The van der Waals surface area contributed by atoms with Gasteiger partial charge in [0.15, 0.2) is 11.5 Å². The Morgan fingerprint density at radius 1 is 1.23 bits per heavy atom. The van der Waals surface area contributed by atoms with Gasteiger partial charge in [0.2, 0.25) is 0 Å². The zero-order valence-corrected chi connectivity index (χ0v) is 12.1. The lowest BCUT2D eigenvalue weighted by Crippen LogP contribution is -2.01. The number of hydrogen-bond donors (Lipinski definition) is 0. The van der Waals surface area contributed by atoms with Crippen molar-refractivity contribution in [1.82, 2.24) is 0 Å². The highest BCUT2D eigenvalue weighted by atomic mass is 16.6. The molecule has 0 spiro atoms. The van der Waals surface area contributed by atoms with Gasteiger partial charge in [0.25, 0.3) is 0 Å². The first kappa shape index (κ1) is 15.4. The van der Waals surface area contributed by atoms with Crippen LogP contribution in [0.4, 0.5) is 5.69 Å². The van der Waals surface area contributed by atoms with E-state index in [0.29, 0.717) is 5.56 Å². The van der Waals surface area contributed by atoms with Gasteiger partial charge in [-0.25, -0.2) is 0 Å². The molecule has 0 amide bonds. The molecule has 5 heteroatoms. The van der Waals surface area contributed by atoms with E-state index >= 15 is 0 Å². The van der Waals surface area contributed by atoms with Gasteiger partial charge in [-0.3, -0.25) is 14.9 Å². The quantitative estimate of drug-likeness (QED) is 0.461. The molecule has 0 heterocycles. The van der Waals surface area contributed by atoms with Crippen LogP contribution in [0.1, 0.15) is 22.8 Å². The lowest BCUT2D eigenvalue weighted by atomic mass is 10.1. The second kappa shape index (κ2) is 7.17. The number of nitro benzene ring substituents is 1. The maximum Gasteiger partial charge on any atom is 0.311 e. The molecule has 112 valence electrons. The number of carbonyl (C=O) groups excluding carboxylic acids is 1. The van der Waals surface area contributed by atoms with E-state index in [9.17, 15) is 14.9 Å². The standard InChI is InChI=1S/C17H15NO4/c1-13(19)15-9-10-17(16(12-15)18(20)21)22-11-5-8-14-6-3-2-4-7-14/h2-10,12H,11H2,1H3. The molecule has 0 aromatic heterocycles. The third kappa shape index (κ3) is 4.02. The topological polar surface area (TPSA) is 69.4 Å². The maximum atomic E-state index is 11.3. The van der Waals surface area contributed by atoms with Gasteiger partial charge < -0.3 is 4.74 Å². The molecule has 0 saturated heterocycles. The fourth-order valence-electron chi connectivity index (χ4n) is 1.89. The highest BCUT2D eigenvalue weighted by Gasteiger charge is 2.17. The van der Waals surface area contributed by atoms with Gasteiger partial charge in [0.05, 0.1) is 4.92 Å². The molecule has 0 aliphatic carbocycles. The number of Topliss-reactive ketones (excluding diaryl/α,β-unsaturated/α-hetero) is 1. The molecule has 0 saturated carbocycles. The predicted octanol–water partition coefficient (Wildman–Crippen LogP) is 3.89. The average molecular weight is 297 g/mol. The van der Waals surface area contributed by atoms with Crippen LogP contribution >= 0.6 is 0 Å². The lowest BCUT2D eigenvalue weighted by molar-refractivity contribution is -0.385. The molecular formula is C17H15NO4. The lowest BCUT2D eigenvalue weighted by Gasteiger charge is -2.05. The Labute approximate surface area is 128 Å². The molecule has 2 rings (SSSR count). The first-order valence-corrected chi connectivity index (χ1v) is 6.71. The third-order valence-electron chi connectivity index (χ3n) is 3.01. The summed E-state index contributed by atoms with van der Waals surface area (Å²) in [5.41, 5.74) is 1.10. The molecule has 0 atom stereocenters. The molecule has 0 radical (unpaired) electrons. The van der Waals surface area contributed by atoms with Gasteiger partial charge in [0, 0.05) is 11.6 Å². The highest BCUT2D eigenvalue weighted by molar-refractivity contribution is 5.95. The van der Waals surface area contributed by atoms with Crippen molar-refractivity contribution in [3.8, 4) is 5.75 Å². The third-order valence-corrected chi connectivity index (χ3v) is 3.01. The molecule has 2 aromatic carbocycles. The Morgan fingerprint density at radius 2 is 1.95 bits per heavy atom. The summed E-state index contributed by atoms with van der Waals surface area (Å²) in [4.78, 5) is 21.8. The Hall–Kier alpha value is -2.95. The minimum atomic E-state index is -0.553. The number of ketones is 1. The summed E-state index contributed by atoms with van der Waals surface area (Å²) in [7, 11) is 0. The number of benzene rings is 2. The molecule has 5 nitrogen and oxygen atoms in total. The summed E-state index contributed by atoms with van der Waals surface area (Å²) in [6.45, 7) is 1.57. The van der Waals surface area contributed by atoms with E-state index in [0.717, 1.165) is 5.56 Å². The Kier molecular flexibility index (Phi) is 5.03. The van der Waals surface area contributed by atoms with Crippen molar-refractivity contribution in [2.75, 3.05) is 6.61 Å². The van der Waals surface area contributed by atoms with Crippen LogP contribution in [0, 0.1) is 10.1 Å². The fraction of sp³-hybridized carbons (Fsp3) is 0.118. The van der Waals surface area contributed by atoms with Crippen molar-refractivity contribution in [1.29, 1.82) is 0 Å². The summed E-state index contributed by atoms with van der Waals surface area (Å²) in [5.74, 6) is -0.0775. The van der Waals surface area contributed by atoms with Crippen molar-refractivity contribution in [3.05, 3.63) is 75.8 Å². The van der Waals surface area contributed by atoms with Crippen LogP contribution in [0.5, 0.6) is 5.75 Å². The normalized spacial score (nSPS) is 10.6. The summed E-state index contributed by atoms with van der Waals surface area (Å²) < 4.78 is 5.42. The number of carbonyl (C=O) groups is 1. The van der Waals surface area contributed by atoms with E-state index in [4.69, 9.17) is 4.74 Å². The van der Waals surface area contributed by atoms with Crippen LogP contribution in [0.25, 0.3) is 6.08 Å². The van der Waals surface area contributed by atoms with Crippen molar-refractivity contribution >= 4 is 17.5 Å². The predicted molar refractivity (Wildman–Crippen MR) is 84.1 cm³/mol. The van der Waals surface area contributed by atoms with Gasteiger partial charge in [-0.15, -0.1) is 0 Å². The number of hydrogen-bond acceptors (Lipinski definition) is 4. The molecule has 0 bridgehead atoms. The fourth-order valence-corrected chi connectivity index (χ4v) is 1.89. The number of rotatable bonds is 6. The van der Waals surface area contributed by atoms with Crippen molar-refractivity contribution in [3.63, 3.8) is 0 Å². The van der Waals surface area contributed by atoms with Crippen LogP contribution in [-0.2, 0) is 0 Å². The number of ether oxygens (including phenoxy) is 1. The van der Waals surface area contributed by atoms with Crippen LogP contribution < -0.4 is 4.74 Å². The number of nitrogens with zero attached hydrogens (tertiary/aromatic N) is 1.